The van der Waals surface area contributed by atoms with Crippen LogP contribution in [0.5, 0.6) is 0 Å². The summed E-state index contributed by atoms with van der Waals surface area (Å²) < 4.78 is 32.7. The molecule has 5 heteroatoms. The van der Waals surface area contributed by atoms with Crippen molar-refractivity contribution in [3.05, 3.63) is 71.3 Å². The maximum absolute atomic E-state index is 14.1. The molecule has 0 saturated heterocycles. The van der Waals surface area contributed by atoms with Crippen LogP contribution in [0.15, 0.2) is 48.5 Å². The van der Waals surface area contributed by atoms with E-state index in [0.29, 0.717) is 18.4 Å². The van der Waals surface area contributed by atoms with Gasteiger partial charge in [-0.15, -0.1) is 0 Å². The average Bonchev–Trinajstić information content (AvgIpc) is 3.42. The highest BCUT2D eigenvalue weighted by Crippen LogP contribution is 2.48. The van der Waals surface area contributed by atoms with Gasteiger partial charge < -0.3 is 10.1 Å². The summed E-state index contributed by atoms with van der Waals surface area (Å²) in [5.74, 6) is -0.842. The van der Waals surface area contributed by atoms with Crippen LogP contribution in [0.3, 0.4) is 0 Å². The number of rotatable bonds is 6. The van der Waals surface area contributed by atoms with Crippen molar-refractivity contribution in [1.82, 2.24) is 5.32 Å². The van der Waals surface area contributed by atoms with Gasteiger partial charge in [-0.25, -0.2) is 8.78 Å². The average molecular weight is 345 g/mol. The summed E-state index contributed by atoms with van der Waals surface area (Å²) in [7, 11) is 1.49. The predicted molar refractivity (Wildman–Crippen MR) is 91.1 cm³/mol. The van der Waals surface area contributed by atoms with E-state index in [1.54, 1.807) is 37.3 Å². The van der Waals surface area contributed by atoms with E-state index < -0.39 is 11.0 Å². The van der Waals surface area contributed by atoms with Crippen molar-refractivity contribution < 1.29 is 18.3 Å². The Hall–Kier alpha value is -2.27. The quantitative estimate of drug-likeness (QED) is 0.867. The van der Waals surface area contributed by atoms with E-state index in [4.69, 9.17) is 4.74 Å². The highest BCUT2D eigenvalue weighted by molar-refractivity contribution is 5.91. The molecule has 3 nitrogen and oxygen atoms in total. The van der Waals surface area contributed by atoms with Crippen molar-refractivity contribution in [2.75, 3.05) is 13.7 Å². The summed E-state index contributed by atoms with van der Waals surface area (Å²) in [6.07, 6.45) is 1.43. The molecule has 2 aromatic rings. The lowest BCUT2D eigenvalue weighted by atomic mass is 9.92. The van der Waals surface area contributed by atoms with Crippen molar-refractivity contribution in [2.45, 2.75) is 30.8 Å². The molecule has 1 N–H and O–H groups in total. The molecule has 1 saturated carbocycles. The van der Waals surface area contributed by atoms with Crippen molar-refractivity contribution in [3.8, 4) is 0 Å². The maximum atomic E-state index is 14.1. The summed E-state index contributed by atoms with van der Waals surface area (Å²) in [5, 5.41) is 2.89. The number of benzene rings is 2. The molecule has 1 fully saturated rings. The molecule has 0 aliphatic heterocycles. The van der Waals surface area contributed by atoms with Gasteiger partial charge in [-0.2, -0.15) is 0 Å². The summed E-state index contributed by atoms with van der Waals surface area (Å²) in [6.45, 7) is 1.88. The molecule has 0 heterocycles. The Kier molecular flexibility index (Phi) is 4.60. The lowest BCUT2D eigenvalue weighted by molar-refractivity contribution is -0.125. The van der Waals surface area contributed by atoms with E-state index in [2.05, 4.69) is 5.32 Å². The van der Waals surface area contributed by atoms with Gasteiger partial charge in [0.2, 0.25) is 5.91 Å². The van der Waals surface area contributed by atoms with Crippen molar-refractivity contribution in [3.63, 3.8) is 0 Å². The molecule has 25 heavy (non-hydrogen) atoms. The number of carbonyl (C=O) groups is 1. The first kappa shape index (κ1) is 17.5. The molecule has 0 spiro atoms. The number of carbonyl (C=O) groups excluding carboxylic acids is 1. The van der Waals surface area contributed by atoms with E-state index in [9.17, 15) is 13.6 Å². The minimum Gasteiger partial charge on any atom is -0.372 e. The van der Waals surface area contributed by atoms with Crippen LogP contribution in [0.25, 0.3) is 0 Å². The van der Waals surface area contributed by atoms with Crippen LogP contribution in [0.2, 0.25) is 0 Å². The first-order valence-corrected chi connectivity index (χ1v) is 8.26. The molecule has 3 rings (SSSR count). The second-order valence-electron chi connectivity index (χ2n) is 6.69. The number of hydrogen-bond acceptors (Lipinski definition) is 2. The topological polar surface area (TPSA) is 38.3 Å². The highest BCUT2D eigenvalue weighted by atomic mass is 19.1. The monoisotopic (exact) mass is 345 g/mol. The molecule has 132 valence electrons. The van der Waals surface area contributed by atoms with Gasteiger partial charge in [-0.1, -0.05) is 30.3 Å². The fourth-order valence-corrected chi connectivity index (χ4v) is 3.13. The summed E-state index contributed by atoms with van der Waals surface area (Å²) in [4.78, 5) is 12.7. The maximum Gasteiger partial charge on any atom is 0.230 e. The normalized spacial score (nSPS) is 17.6. The van der Waals surface area contributed by atoms with Crippen LogP contribution in [-0.4, -0.2) is 19.6 Å². The van der Waals surface area contributed by atoms with Crippen molar-refractivity contribution >= 4 is 5.91 Å². The van der Waals surface area contributed by atoms with E-state index in [1.165, 1.54) is 25.3 Å². The van der Waals surface area contributed by atoms with Crippen LogP contribution in [0.4, 0.5) is 8.78 Å². The number of methoxy groups -OCH3 is 1. The van der Waals surface area contributed by atoms with Gasteiger partial charge in [-0.05, 0) is 43.5 Å². The molecule has 1 amide bonds. The molecule has 0 aromatic heterocycles. The molecule has 0 radical (unpaired) electrons. The zero-order chi connectivity index (χ0) is 18.1. The van der Waals surface area contributed by atoms with Gasteiger partial charge in [0.25, 0.3) is 0 Å². The van der Waals surface area contributed by atoms with Gasteiger partial charge >= 0.3 is 0 Å². The highest BCUT2D eigenvalue weighted by Gasteiger charge is 2.51. The Morgan fingerprint density at radius 2 is 1.80 bits per heavy atom. The standard InChI is InChI=1S/C20H21F2NO2/c1-19(25-2,16-5-3-4-6-17(16)22)13-23-18(24)20(11-12-20)14-7-9-15(21)10-8-14/h3-10H,11-13H2,1-2H3,(H,23,24)/t19-/m1/s1. The fourth-order valence-electron chi connectivity index (χ4n) is 3.13. The molecular weight excluding hydrogens is 324 g/mol. The predicted octanol–water partition coefficient (Wildman–Crippen LogP) is 3.67. The number of nitrogens with one attached hydrogen (secondary N) is 1. The second-order valence-corrected chi connectivity index (χ2v) is 6.69. The molecule has 1 aliphatic carbocycles. The first-order valence-electron chi connectivity index (χ1n) is 8.26. The first-order chi connectivity index (χ1) is 11.9. The molecule has 0 bridgehead atoms. The third kappa shape index (κ3) is 3.29. The fraction of sp³-hybridized carbons (Fsp3) is 0.350. The van der Waals surface area contributed by atoms with Gasteiger partial charge in [0.15, 0.2) is 0 Å². The Morgan fingerprint density at radius 3 is 2.36 bits per heavy atom. The molecule has 1 aliphatic rings. The Balaban J connectivity index is 1.75. The van der Waals surface area contributed by atoms with Gasteiger partial charge in [-0.3, -0.25) is 4.79 Å². The zero-order valence-electron chi connectivity index (χ0n) is 14.3. The van der Waals surface area contributed by atoms with E-state index in [0.717, 1.165) is 5.56 Å². The van der Waals surface area contributed by atoms with Crippen molar-refractivity contribution in [1.29, 1.82) is 0 Å². The number of halogens is 2. The number of ether oxygens (including phenoxy) is 1. The lowest BCUT2D eigenvalue weighted by Crippen LogP contribution is -2.44. The van der Waals surface area contributed by atoms with Crippen molar-refractivity contribution in [2.24, 2.45) is 0 Å². The SMILES string of the molecule is CO[C@](C)(CNC(=O)C1(c2ccc(F)cc2)CC1)c1ccccc1F. The summed E-state index contributed by atoms with van der Waals surface area (Å²) in [5.41, 5.74) is -0.391. The van der Waals surface area contributed by atoms with Crippen LogP contribution in [0.1, 0.15) is 30.9 Å². The Bertz CT molecular complexity index is 772. The van der Waals surface area contributed by atoms with Crippen LogP contribution < -0.4 is 5.32 Å². The Labute approximate surface area is 146 Å². The summed E-state index contributed by atoms with van der Waals surface area (Å²) in [6, 6.07) is 12.4. The lowest BCUT2D eigenvalue weighted by Gasteiger charge is -2.30. The molecular formula is C20H21F2NO2. The smallest absolute Gasteiger partial charge is 0.230 e. The minimum atomic E-state index is -0.972. The minimum absolute atomic E-state index is 0.140. The van der Waals surface area contributed by atoms with Crippen LogP contribution in [-0.2, 0) is 20.5 Å². The van der Waals surface area contributed by atoms with Crippen LogP contribution >= 0.6 is 0 Å². The number of hydrogen-bond donors (Lipinski definition) is 1. The van der Waals surface area contributed by atoms with Gasteiger partial charge in [0, 0.05) is 12.7 Å². The van der Waals surface area contributed by atoms with E-state index >= 15 is 0 Å². The summed E-state index contributed by atoms with van der Waals surface area (Å²) >= 11 is 0. The van der Waals surface area contributed by atoms with Gasteiger partial charge in [0.05, 0.1) is 12.0 Å². The molecule has 2 aromatic carbocycles. The second kappa shape index (κ2) is 6.56. The van der Waals surface area contributed by atoms with Gasteiger partial charge in [0.1, 0.15) is 17.2 Å². The van der Waals surface area contributed by atoms with E-state index in [-0.39, 0.29) is 24.1 Å². The zero-order valence-corrected chi connectivity index (χ0v) is 14.3. The largest absolute Gasteiger partial charge is 0.372 e. The van der Waals surface area contributed by atoms with E-state index in [1.807, 2.05) is 0 Å². The van der Waals surface area contributed by atoms with Crippen LogP contribution in [0, 0.1) is 11.6 Å². The molecule has 0 unspecified atom stereocenters. The molecule has 1 atom stereocenters. The number of amides is 1. The third-order valence-corrected chi connectivity index (χ3v) is 5.06. The Morgan fingerprint density at radius 1 is 1.16 bits per heavy atom. The third-order valence-electron chi connectivity index (χ3n) is 5.06.